The van der Waals surface area contributed by atoms with Crippen LogP contribution in [0.25, 0.3) is 4.96 Å². The SMILES string of the molecule is COc1ccccc1CNC(=O)CCc1nn2c(C(C)C)nnc2s1. The van der Waals surface area contributed by atoms with Crippen molar-refractivity contribution in [2.24, 2.45) is 0 Å². The highest BCUT2D eigenvalue weighted by molar-refractivity contribution is 7.16. The van der Waals surface area contributed by atoms with Crippen LogP contribution < -0.4 is 10.1 Å². The summed E-state index contributed by atoms with van der Waals surface area (Å²) in [5.74, 6) is 1.87. The van der Waals surface area contributed by atoms with Crippen molar-refractivity contribution in [3.63, 3.8) is 0 Å². The summed E-state index contributed by atoms with van der Waals surface area (Å²) in [4.78, 5) is 12.9. The van der Waals surface area contributed by atoms with E-state index in [0.717, 1.165) is 27.1 Å². The van der Waals surface area contributed by atoms with Crippen LogP contribution in [0.5, 0.6) is 5.75 Å². The predicted octanol–water partition coefficient (Wildman–Crippen LogP) is 2.57. The molecule has 3 aromatic rings. The lowest BCUT2D eigenvalue weighted by Gasteiger charge is -2.09. The van der Waals surface area contributed by atoms with Crippen molar-refractivity contribution in [3.8, 4) is 5.75 Å². The smallest absolute Gasteiger partial charge is 0.234 e. The molecular formula is C17H21N5O2S. The molecule has 0 aliphatic rings. The van der Waals surface area contributed by atoms with Crippen LogP contribution in [0.2, 0.25) is 0 Å². The van der Waals surface area contributed by atoms with Gasteiger partial charge < -0.3 is 10.1 Å². The number of para-hydroxylation sites is 1. The van der Waals surface area contributed by atoms with E-state index in [9.17, 15) is 4.79 Å². The van der Waals surface area contributed by atoms with Gasteiger partial charge in [0.1, 0.15) is 10.8 Å². The molecule has 2 heterocycles. The first-order valence-electron chi connectivity index (χ1n) is 8.18. The first kappa shape index (κ1) is 17.3. The number of benzene rings is 1. The Morgan fingerprint density at radius 2 is 2.12 bits per heavy atom. The number of fused-ring (bicyclic) bond motifs is 1. The Morgan fingerprint density at radius 3 is 2.88 bits per heavy atom. The first-order chi connectivity index (χ1) is 12.1. The minimum absolute atomic E-state index is 0.0130. The molecule has 0 unspecified atom stereocenters. The highest BCUT2D eigenvalue weighted by Gasteiger charge is 2.15. The van der Waals surface area contributed by atoms with Crippen molar-refractivity contribution in [2.45, 2.75) is 39.2 Å². The number of methoxy groups -OCH3 is 1. The number of rotatable bonds is 7. The Balaban J connectivity index is 1.55. The molecule has 132 valence electrons. The van der Waals surface area contributed by atoms with Crippen LogP contribution in [0.15, 0.2) is 24.3 Å². The Bertz CT molecular complexity index is 871. The van der Waals surface area contributed by atoms with Crippen molar-refractivity contribution in [3.05, 3.63) is 40.7 Å². The molecule has 3 rings (SSSR count). The van der Waals surface area contributed by atoms with Crippen LogP contribution in [0.3, 0.4) is 0 Å². The number of aryl methyl sites for hydroxylation is 1. The molecule has 0 spiro atoms. The zero-order valence-corrected chi connectivity index (χ0v) is 15.3. The summed E-state index contributed by atoms with van der Waals surface area (Å²) in [6.45, 7) is 4.56. The molecule has 1 amide bonds. The lowest BCUT2D eigenvalue weighted by atomic mass is 10.2. The zero-order chi connectivity index (χ0) is 17.8. The van der Waals surface area contributed by atoms with Gasteiger partial charge in [0.2, 0.25) is 10.9 Å². The zero-order valence-electron chi connectivity index (χ0n) is 14.5. The standard InChI is InChI=1S/C17H21N5O2S/c1-11(2)16-19-20-17-22(16)21-15(25-17)9-8-14(23)18-10-12-6-4-5-7-13(12)24-3/h4-7,11H,8-10H2,1-3H3,(H,18,23). The van der Waals surface area contributed by atoms with E-state index in [-0.39, 0.29) is 11.8 Å². The van der Waals surface area contributed by atoms with E-state index in [0.29, 0.717) is 19.4 Å². The third kappa shape index (κ3) is 3.96. The second kappa shape index (κ2) is 7.60. The molecule has 2 aromatic heterocycles. The topological polar surface area (TPSA) is 81.4 Å². The van der Waals surface area contributed by atoms with Gasteiger partial charge in [-0.1, -0.05) is 43.4 Å². The number of aromatic nitrogens is 4. The molecule has 0 saturated carbocycles. The van der Waals surface area contributed by atoms with Crippen molar-refractivity contribution >= 4 is 22.2 Å². The molecule has 7 nitrogen and oxygen atoms in total. The van der Waals surface area contributed by atoms with E-state index < -0.39 is 0 Å². The highest BCUT2D eigenvalue weighted by atomic mass is 32.1. The maximum Gasteiger partial charge on any atom is 0.234 e. The van der Waals surface area contributed by atoms with Gasteiger partial charge in [0.25, 0.3) is 0 Å². The van der Waals surface area contributed by atoms with E-state index in [1.165, 1.54) is 11.3 Å². The fraction of sp³-hybridized carbons (Fsp3) is 0.412. The summed E-state index contributed by atoms with van der Waals surface area (Å²) in [5, 5.41) is 16.6. The van der Waals surface area contributed by atoms with Gasteiger partial charge >= 0.3 is 0 Å². The lowest BCUT2D eigenvalue weighted by molar-refractivity contribution is -0.121. The van der Waals surface area contributed by atoms with Crippen LogP contribution in [-0.4, -0.2) is 32.8 Å². The van der Waals surface area contributed by atoms with Gasteiger partial charge in [0, 0.05) is 30.9 Å². The molecule has 0 radical (unpaired) electrons. The number of hydrogen-bond acceptors (Lipinski definition) is 6. The van der Waals surface area contributed by atoms with Gasteiger partial charge in [-0.05, 0) is 6.07 Å². The second-order valence-corrected chi connectivity index (χ2v) is 7.03. The van der Waals surface area contributed by atoms with Crippen molar-refractivity contribution in [2.75, 3.05) is 7.11 Å². The third-order valence-electron chi connectivity index (χ3n) is 3.81. The van der Waals surface area contributed by atoms with Gasteiger partial charge in [-0.25, -0.2) is 0 Å². The van der Waals surface area contributed by atoms with Crippen molar-refractivity contribution < 1.29 is 9.53 Å². The number of ether oxygens (including phenoxy) is 1. The number of nitrogens with one attached hydrogen (secondary N) is 1. The first-order valence-corrected chi connectivity index (χ1v) is 8.99. The van der Waals surface area contributed by atoms with Gasteiger partial charge in [-0.3, -0.25) is 4.79 Å². The number of hydrogen-bond donors (Lipinski definition) is 1. The maximum absolute atomic E-state index is 12.1. The quantitative estimate of drug-likeness (QED) is 0.701. The number of amides is 1. The third-order valence-corrected chi connectivity index (χ3v) is 4.77. The number of carbonyl (C=O) groups is 1. The summed E-state index contributed by atoms with van der Waals surface area (Å²) in [7, 11) is 1.62. The monoisotopic (exact) mass is 359 g/mol. The lowest BCUT2D eigenvalue weighted by Crippen LogP contribution is -2.23. The molecular weight excluding hydrogens is 338 g/mol. The van der Waals surface area contributed by atoms with Gasteiger partial charge in [-0.15, -0.1) is 10.2 Å². The van der Waals surface area contributed by atoms with Gasteiger partial charge in [0.05, 0.1) is 7.11 Å². The molecule has 1 N–H and O–H groups in total. The Hall–Kier alpha value is -2.48. The summed E-state index contributed by atoms with van der Waals surface area (Å²) in [5.41, 5.74) is 0.957. The maximum atomic E-state index is 12.1. The summed E-state index contributed by atoms with van der Waals surface area (Å²) in [6.07, 6.45) is 0.972. The molecule has 25 heavy (non-hydrogen) atoms. The highest BCUT2D eigenvalue weighted by Crippen LogP contribution is 2.20. The van der Waals surface area contributed by atoms with E-state index >= 15 is 0 Å². The fourth-order valence-corrected chi connectivity index (χ4v) is 3.32. The largest absolute Gasteiger partial charge is 0.496 e. The average molecular weight is 359 g/mol. The summed E-state index contributed by atoms with van der Waals surface area (Å²) in [6, 6.07) is 7.65. The van der Waals surface area contributed by atoms with Gasteiger partial charge in [-0.2, -0.15) is 9.61 Å². The van der Waals surface area contributed by atoms with E-state index in [2.05, 4.69) is 34.5 Å². The fourth-order valence-electron chi connectivity index (χ4n) is 2.48. The van der Waals surface area contributed by atoms with Crippen LogP contribution in [0.4, 0.5) is 0 Å². The van der Waals surface area contributed by atoms with Crippen molar-refractivity contribution in [1.29, 1.82) is 0 Å². The normalized spacial score (nSPS) is 11.2. The second-order valence-electron chi connectivity index (χ2n) is 5.99. The average Bonchev–Trinajstić information content (AvgIpc) is 3.18. The van der Waals surface area contributed by atoms with E-state index in [1.54, 1.807) is 11.6 Å². The van der Waals surface area contributed by atoms with E-state index in [4.69, 9.17) is 4.74 Å². The molecule has 8 heteroatoms. The number of nitrogens with zero attached hydrogens (tertiary/aromatic N) is 4. The van der Waals surface area contributed by atoms with Crippen LogP contribution in [-0.2, 0) is 17.8 Å². The minimum atomic E-state index is -0.0130. The molecule has 0 bridgehead atoms. The minimum Gasteiger partial charge on any atom is -0.496 e. The van der Waals surface area contributed by atoms with Gasteiger partial charge in [0.15, 0.2) is 5.82 Å². The summed E-state index contributed by atoms with van der Waals surface area (Å²) < 4.78 is 7.06. The molecule has 1 aromatic carbocycles. The molecule has 0 aliphatic heterocycles. The van der Waals surface area contributed by atoms with Crippen LogP contribution in [0, 0.1) is 0 Å². The Kier molecular flexibility index (Phi) is 5.28. The van der Waals surface area contributed by atoms with Crippen LogP contribution >= 0.6 is 11.3 Å². The molecule has 0 atom stereocenters. The Morgan fingerprint density at radius 1 is 1.32 bits per heavy atom. The molecule has 0 saturated heterocycles. The predicted molar refractivity (Wildman–Crippen MR) is 95.9 cm³/mol. The summed E-state index contributed by atoms with van der Waals surface area (Å²) >= 11 is 1.48. The van der Waals surface area contributed by atoms with E-state index in [1.807, 2.05) is 24.3 Å². The molecule has 0 fully saturated rings. The number of carbonyl (C=O) groups excluding carboxylic acids is 1. The molecule has 0 aliphatic carbocycles. The Labute approximate surface area is 150 Å². The van der Waals surface area contributed by atoms with Crippen molar-refractivity contribution in [1.82, 2.24) is 25.1 Å². The van der Waals surface area contributed by atoms with Crippen LogP contribution in [0.1, 0.15) is 42.6 Å².